The lowest BCUT2D eigenvalue weighted by molar-refractivity contribution is 0.223. The summed E-state index contributed by atoms with van der Waals surface area (Å²) >= 11 is 0. The molecule has 17 heavy (non-hydrogen) atoms. The largest absolute Gasteiger partial charge is 0.492 e. The molecule has 1 aromatic rings. The van der Waals surface area contributed by atoms with Crippen molar-refractivity contribution in [1.82, 2.24) is 4.90 Å². The van der Waals surface area contributed by atoms with Crippen molar-refractivity contribution in [1.29, 1.82) is 0 Å². The quantitative estimate of drug-likeness (QED) is 0.715. The zero-order valence-electron chi connectivity index (χ0n) is 11.1. The van der Waals surface area contributed by atoms with Gasteiger partial charge >= 0.3 is 0 Å². The Morgan fingerprint density at radius 3 is 2.29 bits per heavy atom. The number of hydrogen-bond acceptors (Lipinski definition) is 2. The van der Waals surface area contributed by atoms with Crippen LogP contribution in [-0.4, -0.2) is 31.1 Å². The molecule has 0 saturated heterocycles. The third-order valence-electron chi connectivity index (χ3n) is 2.81. The third kappa shape index (κ3) is 5.05. The van der Waals surface area contributed by atoms with E-state index >= 15 is 0 Å². The van der Waals surface area contributed by atoms with Crippen LogP contribution in [0.15, 0.2) is 30.3 Å². The van der Waals surface area contributed by atoms with Gasteiger partial charge in [0.15, 0.2) is 0 Å². The second kappa shape index (κ2) is 7.91. The summed E-state index contributed by atoms with van der Waals surface area (Å²) in [4.78, 5) is 2.36. The van der Waals surface area contributed by atoms with Crippen LogP contribution in [0.5, 0.6) is 5.75 Å². The number of likely N-dealkylation sites (N-methyl/N-ethyl adjacent to an activating group) is 1. The summed E-state index contributed by atoms with van der Waals surface area (Å²) in [6, 6.07) is 8.20. The highest BCUT2D eigenvalue weighted by atomic mass is 16.5. The van der Waals surface area contributed by atoms with E-state index in [1.807, 2.05) is 25.1 Å². The monoisotopic (exact) mass is 233 g/mol. The molecule has 0 fully saturated rings. The molecule has 0 atom stereocenters. The van der Waals surface area contributed by atoms with Crippen LogP contribution in [0.2, 0.25) is 0 Å². The average molecular weight is 233 g/mol. The first kappa shape index (κ1) is 13.8. The molecule has 0 saturated carbocycles. The third-order valence-corrected chi connectivity index (χ3v) is 2.81. The maximum absolute atomic E-state index is 5.71. The summed E-state index contributed by atoms with van der Waals surface area (Å²) in [5, 5.41) is 0. The minimum atomic E-state index is 0.755. The fraction of sp³-hybridized carbons (Fsp3) is 0.467. The molecule has 0 aromatic heterocycles. The number of allylic oxidation sites excluding steroid dienone is 1. The first-order valence-electron chi connectivity index (χ1n) is 6.38. The van der Waals surface area contributed by atoms with E-state index in [1.54, 1.807) is 0 Å². The number of ether oxygens (including phenoxy) is 1. The molecule has 1 rings (SSSR count). The lowest BCUT2D eigenvalue weighted by atomic mass is 10.2. The first-order chi connectivity index (χ1) is 8.30. The Labute approximate surface area is 105 Å². The molecule has 0 aliphatic rings. The van der Waals surface area contributed by atoms with E-state index in [-0.39, 0.29) is 0 Å². The van der Waals surface area contributed by atoms with Crippen molar-refractivity contribution in [3.63, 3.8) is 0 Å². The highest BCUT2D eigenvalue weighted by molar-refractivity contribution is 5.50. The van der Waals surface area contributed by atoms with Crippen LogP contribution in [0, 0.1) is 0 Å². The zero-order chi connectivity index (χ0) is 12.5. The van der Waals surface area contributed by atoms with Gasteiger partial charge in [0.05, 0.1) is 0 Å². The lowest BCUT2D eigenvalue weighted by Gasteiger charge is -2.17. The molecule has 0 aliphatic heterocycles. The van der Waals surface area contributed by atoms with E-state index in [4.69, 9.17) is 4.74 Å². The van der Waals surface area contributed by atoms with E-state index in [1.165, 1.54) is 5.56 Å². The SMILES string of the molecule is CC=Cc1ccc(OCCN(CC)CC)cc1. The summed E-state index contributed by atoms with van der Waals surface area (Å²) < 4.78 is 5.71. The fourth-order valence-corrected chi connectivity index (χ4v) is 1.70. The minimum absolute atomic E-state index is 0.755. The van der Waals surface area contributed by atoms with Gasteiger partial charge in [-0.3, -0.25) is 0 Å². The van der Waals surface area contributed by atoms with Gasteiger partial charge in [0, 0.05) is 6.54 Å². The smallest absolute Gasteiger partial charge is 0.119 e. The molecule has 0 spiro atoms. The highest BCUT2D eigenvalue weighted by Gasteiger charge is 1.99. The van der Waals surface area contributed by atoms with Crippen molar-refractivity contribution in [3.8, 4) is 5.75 Å². The number of benzene rings is 1. The topological polar surface area (TPSA) is 12.5 Å². The van der Waals surface area contributed by atoms with Gasteiger partial charge in [0.1, 0.15) is 12.4 Å². The Balaban J connectivity index is 2.36. The van der Waals surface area contributed by atoms with Gasteiger partial charge < -0.3 is 9.64 Å². The Hall–Kier alpha value is -1.28. The van der Waals surface area contributed by atoms with Crippen molar-refractivity contribution < 1.29 is 4.74 Å². The van der Waals surface area contributed by atoms with E-state index < -0.39 is 0 Å². The molecule has 0 amide bonds. The van der Waals surface area contributed by atoms with Crippen molar-refractivity contribution >= 4 is 6.08 Å². The van der Waals surface area contributed by atoms with Gasteiger partial charge in [-0.25, -0.2) is 0 Å². The Bertz CT molecular complexity index is 325. The van der Waals surface area contributed by atoms with Crippen LogP contribution >= 0.6 is 0 Å². The molecule has 0 aliphatic carbocycles. The summed E-state index contributed by atoms with van der Waals surface area (Å²) in [5.74, 6) is 0.949. The molecule has 0 radical (unpaired) electrons. The highest BCUT2D eigenvalue weighted by Crippen LogP contribution is 2.13. The number of hydrogen-bond donors (Lipinski definition) is 0. The molecule has 1 aromatic carbocycles. The maximum Gasteiger partial charge on any atom is 0.119 e. The second-order valence-corrected chi connectivity index (χ2v) is 3.94. The van der Waals surface area contributed by atoms with Gasteiger partial charge in [0.25, 0.3) is 0 Å². The molecule has 0 bridgehead atoms. The summed E-state index contributed by atoms with van der Waals surface area (Å²) in [5.41, 5.74) is 1.21. The molecule has 2 heteroatoms. The normalized spacial score (nSPS) is 11.3. The Kier molecular flexibility index (Phi) is 6.41. The molecule has 2 nitrogen and oxygen atoms in total. The maximum atomic E-state index is 5.71. The van der Waals surface area contributed by atoms with E-state index in [9.17, 15) is 0 Å². The van der Waals surface area contributed by atoms with Crippen LogP contribution < -0.4 is 4.74 Å². The predicted octanol–water partition coefficient (Wildman–Crippen LogP) is 3.44. The van der Waals surface area contributed by atoms with E-state index in [0.29, 0.717) is 0 Å². The van der Waals surface area contributed by atoms with Crippen LogP contribution in [0.1, 0.15) is 26.3 Å². The van der Waals surface area contributed by atoms with Gasteiger partial charge in [-0.05, 0) is 37.7 Å². The minimum Gasteiger partial charge on any atom is -0.492 e. The summed E-state index contributed by atoms with van der Waals surface area (Å²) in [6.07, 6.45) is 4.12. The van der Waals surface area contributed by atoms with Gasteiger partial charge in [-0.1, -0.05) is 38.1 Å². The van der Waals surface area contributed by atoms with Gasteiger partial charge in [-0.15, -0.1) is 0 Å². The van der Waals surface area contributed by atoms with Crippen LogP contribution in [0.25, 0.3) is 6.08 Å². The Morgan fingerprint density at radius 2 is 1.76 bits per heavy atom. The molecule has 0 N–H and O–H groups in total. The van der Waals surface area contributed by atoms with Crippen LogP contribution in [0.3, 0.4) is 0 Å². The molecular weight excluding hydrogens is 210 g/mol. The second-order valence-electron chi connectivity index (χ2n) is 3.94. The van der Waals surface area contributed by atoms with Crippen molar-refractivity contribution in [2.45, 2.75) is 20.8 Å². The van der Waals surface area contributed by atoms with Crippen LogP contribution in [-0.2, 0) is 0 Å². The molecular formula is C15H23NO. The van der Waals surface area contributed by atoms with Crippen LogP contribution in [0.4, 0.5) is 0 Å². The molecule has 0 heterocycles. The van der Waals surface area contributed by atoms with Gasteiger partial charge in [-0.2, -0.15) is 0 Å². The lowest BCUT2D eigenvalue weighted by Crippen LogP contribution is -2.27. The van der Waals surface area contributed by atoms with E-state index in [2.05, 4.69) is 37.0 Å². The Morgan fingerprint density at radius 1 is 1.12 bits per heavy atom. The van der Waals surface area contributed by atoms with E-state index in [0.717, 1.165) is 32.0 Å². The predicted molar refractivity (Wildman–Crippen MR) is 74.4 cm³/mol. The number of nitrogens with zero attached hydrogens (tertiary/aromatic N) is 1. The summed E-state index contributed by atoms with van der Waals surface area (Å²) in [7, 11) is 0. The summed E-state index contributed by atoms with van der Waals surface area (Å²) in [6.45, 7) is 10.3. The zero-order valence-corrected chi connectivity index (χ0v) is 11.1. The first-order valence-corrected chi connectivity index (χ1v) is 6.38. The number of rotatable bonds is 7. The standard InChI is InChI=1S/C15H23NO/c1-4-7-14-8-10-15(11-9-14)17-13-12-16(5-2)6-3/h4,7-11H,5-6,12-13H2,1-3H3. The molecule has 0 unspecified atom stereocenters. The average Bonchev–Trinajstić information content (AvgIpc) is 2.37. The van der Waals surface area contributed by atoms with Crippen molar-refractivity contribution in [3.05, 3.63) is 35.9 Å². The van der Waals surface area contributed by atoms with Crippen molar-refractivity contribution in [2.75, 3.05) is 26.2 Å². The fourth-order valence-electron chi connectivity index (χ4n) is 1.70. The van der Waals surface area contributed by atoms with Crippen molar-refractivity contribution in [2.24, 2.45) is 0 Å². The van der Waals surface area contributed by atoms with Gasteiger partial charge in [0.2, 0.25) is 0 Å². The molecule has 94 valence electrons.